The number of aliphatic hydroxyl groups is 1. The molecule has 13 heavy (non-hydrogen) atoms. The van der Waals surface area contributed by atoms with Crippen LogP contribution in [0.5, 0.6) is 0 Å². The molecule has 1 rings (SSSR count). The Morgan fingerprint density at radius 1 is 1.62 bits per heavy atom. The monoisotopic (exact) mass is 203 g/mol. The van der Waals surface area contributed by atoms with Gasteiger partial charge in [0.2, 0.25) is 0 Å². The molecule has 0 radical (unpaired) electrons. The summed E-state index contributed by atoms with van der Waals surface area (Å²) in [5.74, 6) is -1.84. The molecule has 1 aromatic rings. The first-order chi connectivity index (χ1) is 6.04. The highest BCUT2D eigenvalue weighted by Crippen LogP contribution is 2.22. The molecule has 0 aliphatic carbocycles. The average Bonchev–Trinajstić information content (AvgIpc) is 2.08. The molecule has 70 valence electrons. The van der Waals surface area contributed by atoms with E-state index in [-0.39, 0.29) is 10.6 Å². The van der Waals surface area contributed by atoms with Crippen molar-refractivity contribution in [2.45, 2.75) is 6.10 Å². The minimum absolute atomic E-state index is 0.155. The largest absolute Gasteiger partial charge is 0.378 e. The zero-order chi connectivity index (χ0) is 10.0. The second kappa shape index (κ2) is 3.72. The van der Waals surface area contributed by atoms with Gasteiger partial charge in [-0.25, -0.2) is 4.39 Å². The lowest BCUT2D eigenvalue weighted by Crippen LogP contribution is -2.21. The number of hydrogen-bond donors (Lipinski definition) is 2. The van der Waals surface area contributed by atoms with E-state index < -0.39 is 17.8 Å². The third-order valence-corrected chi connectivity index (χ3v) is 1.84. The predicted octanol–water partition coefficient (Wildman–Crippen LogP) is 0.998. The second-order valence-corrected chi connectivity index (χ2v) is 2.86. The van der Waals surface area contributed by atoms with E-state index in [1.165, 1.54) is 18.2 Å². The van der Waals surface area contributed by atoms with E-state index in [0.717, 1.165) is 0 Å². The van der Waals surface area contributed by atoms with Gasteiger partial charge in [-0.3, -0.25) is 4.79 Å². The van der Waals surface area contributed by atoms with Crippen LogP contribution in [0.3, 0.4) is 0 Å². The Morgan fingerprint density at radius 3 is 2.77 bits per heavy atom. The lowest BCUT2D eigenvalue weighted by Gasteiger charge is -2.08. The van der Waals surface area contributed by atoms with Gasteiger partial charge in [-0.15, -0.1) is 0 Å². The van der Waals surface area contributed by atoms with Gasteiger partial charge in [-0.05, 0) is 6.07 Å². The molecule has 1 aromatic carbocycles. The van der Waals surface area contributed by atoms with E-state index in [9.17, 15) is 9.18 Å². The normalized spacial score (nSPS) is 12.5. The first kappa shape index (κ1) is 9.95. The quantitative estimate of drug-likeness (QED) is 0.753. The van der Waals surface area contributed by atoms with E-state index in [4.69, 9.17) is 22.4 Å². The summed E-state index contributed by atoms with van der Waals surface area (Å²) in [6.07, 6.45) is -1.65. The number of rotatable bonds is 2. The van der Waals surface area contributed by atoms with Gasteiger partial charge >= 0.3 is 0 Å². The second-order valence-electron chi connectivity index (χ2n) is 2.45. The first-order valence-corrected chi connectivity index (χ1v) is 3.83. The maximum Gasteiger partial charge on any atom is 0.251 e. The Labute approximate surface area is 78.9 Å². The van der Waals surface area contributed by atoms with E-state index in [2.05, 4.69) is 0 Å². The third-order valence-electron chi connectivity index (χ3n) is 1.55. The number of nitrogens with two attached hydrogens (primary N) is 1. The van der Waals surface area contributed by atoms with Gasteiger partial charge in [0, 0.05) is 5.56 Å². The topological polar surface area (TPSA) is 63.3 Å². The first-order valence-electron chi connectivity index (χ1n) is 3.45. The maximum absolute atomic E-state index is 13.1. The molecule has 1 atom stereocenters. The summed E-state index contributed by atoms with van der Waals surface area (Å²) < 4.78 is 13.1. The molecule has 0 aliphatic rings. The highest BCUT2D eigenvalue weighted by molar-refractivity contribution is 6.30. The Balaban J connectivity index is 3.15. The van der Waals surface area contributed by atoms with Crippen molar-refractivity contribution in [3.8, 4) is 0 Å². The lowest BCUT2D eigenvalue weighted by molar-refractivity contribution is -0.126. The molecule has 0 saturated carbocycles. The zero-order valence-corrected chi connectivity index (χ0v) is 7.25. The highest BCUT2D eigenvalue weighted by Gasteiger charge is 2.19. The van der Waals surface area contributed by atoms with Crippen molar-refractivity contribution < 1.29 is 14.3 Å². The Hall–Kier alpha value is -1.13. The molecule has 5 heteroatoms. The summed E-state index contributed by atoms with van der Waals surface area (Å²) in [5.41, 5.74) is 4.58. The van der Waals surface area contributed by atoms with Gasteiger partial charge in [-0.2, -0.15) is 0 Å². The van der Waals surface area contributed by atoms with Crippen molar-refractivity contribution in [1.29, 1.82) is 0 Å². The molecule has 0 saturated heterocycles. The standard InChI is InChI=1S/C8H7ClFNO2/c9-5-3-1-2-4(6(5)10)7(12)8(11)13/h1-3,7,12H,(H2,11,13). The number of halogens is 2. The van der Waals surface area contributed by atoms with Gasteiger partial charge in [-0.1, -0.05) is 23.7 Å². The minimum atomic E-state index is -1.65. The number of amides is 1. The van der Waals surface area contributed by atoms with E-state index in [0.29, 0.717) is 0 Å². The van der Waals surface area contributed by atoms with E-state index in [1.807, 2.05) is 0 Å². The van der Waals surface area contributed by atoms with Crippen LogP contribution in [0.25, 0.3) is 0 Å². The fourth-order valence-corrected chi connectivity index (χ4v) is 1.07. The summed E-state index contributed by atoms with van der Waals surface area (Å²) in [4.78, 5) is 10.5. The molecule has 0 fully saturated rings. The van der Waals surface area contributed by atoms with Crippen LogP contribution in [-0.2, 0) is 4.79 Å². The highest BCUT2D eigenvalue weighted by atomic mass is 35.5. The van der Waals surface area contributed by atoms with Crippen molar-refractivity contribution in [2.75, 3.05) is 0 Å². The van der Waals surface area contributed by atoms with Crippen LogP contribution in [0.1, 0.15) is 11.7 Å². The maximum atomic E-state index is 13.1. The molecule has 3 N–H and O–H groups in total. The Bertz CT molecular complexity index is 343. The molecule has 0 spiro atoms. The summed E-state index contributed by atoms with van der Waals surface area (Å²) in [5, 5.41) is 8.98. The summed E-state index contributed by atoms with van der Waals surface area (Å²) in [6.45, 7) is 0. The van der Waals surface area contributed by atoms with Crippen LogP contribution in [0, 0.1) is 5.82 Å². The fraction of sp³-hybridized carbons (Fsp3) is 0.125. The van der Waals surface area contributed by atoms with Crippen LogP contribution in [0.15, 0.2) is 18.2 Å². The van der Waals surface area contributed by atoms with Gasteiger partial charge in [0.05, 0.1) is 5.02 Å². The van der Waals surface area contributed by atoms with Gasteiger partial charge < -0.3 is 10.8 Å². The Morgan fingerprint density at radius 2 is 2.23 bits per heavy atom. The number of hydrogen-bond acceptors (Lipinski definition) is 2. The van der Waals surface area contributed by atoms with Crippen LogP contribution in [-0.4, -0.2) is 11.0 Å². The van der Waals surface area contributed by atoms with Crippen molar-refractivity contribution in [3.05, 3.63) is 34.6 Å². The molecule has 3 nitrogen and oxygen atoms in total. The SMILES string of the molecule is NC(=O)C(O)c1cccc(Cl)c1F. The van der Waals surface area contributed by atoms with Gasteiger partial charge in [0.15, 0.2) is 6.10 Å². The fourth-order valence-electron chi connectivity index (χ4n) is 0.885. The summed E-state index contributed by atoms with van der Waals surface area (Å²) in [7, 11) is 0. The molecule has 0 bridgehead atoms. The smallest absolute Gasteiger partial charge is 0.251 e. The van der Waals surface area contributed by atoms with Crippen molar-refractivity contribution in [2.24, 2.45) is 5.73 Å². The van der Waals surface area contributed by atoms with Crippen LogP contribution in [0.2, 0.25) is 5.02 Å². The van der Waals surface area contributed by atoms with Gasteiger partial charge in [0.1, 0.15) is 5.82 Å². The predicted molar refractivity (Wildman–Crippen MR) is 45.6 cm³/mol. The number of carbonyl (C=O) groups is 1. The van der Waals surface area contributed by atoms with Crippen LogP contribution in [0.4, 0.5) is 4.39 Å². The summed E-state index contributed by atoms with van der Waals surface area (Å²) >= 11 is 5.42. The third kappa shape index (κ3) is 1.96. The molecule has 1 unspecified atom stereocenters. The van der Waals surface area contributed by atoms with Crippen LogP contribution >= 0.6 is 11.6 Å². The molecule has 1 amide bonds. The summed E-state index contributed by atoms with van der Waals surface area (Å²) in [6, 6.07) is 3.98. The molecular weight excluding hydrogens is 197 g/mol. The number of aliphatic hydroxyl groups excluding tert-OH is 1. The lowest BCUT2D eigenvalue weighted by atomic mass is 10.1. The molecule has 0 aromatic heterocycles. The van der Waals surface area contributed by atoms with E-state index in [1.54, 1.807) is 0 Å². The van der Waals surface area contributed by atoms with Crippen molar-refractivity contribution in [1.82, 2.24) is 0 Å². The van der Waals surface area contributed by atoms with Crippen LogP contribution < -0.4 is 5.73 Å². The molecule has 0 heterocycles. The number of benzene rings is 1. The average molecular weight is 204 g/mol. The minimum Gasteiger partial charge on any atom is -0.378 e. The number of carbonyl (C=O) groups excluding carboxylic acids is 1. The van der Waals surface area contributed by atoms with E-state index >= 15 is 0 Å². The Kier molecular flexibility index (Phi) is 2.85. The van der Waals surface area contributed by atoms with Crippen molar-refractivity contribution >= 4 is 17.5 Å². The zero-order valence-electron chi connectivity index (χ0n) is 6.50. The number of primary amides is 1. The van der Waals surface area contributed by atoms with Crippen molar-refractivity contribution in [3.63, 3.8) is 0 Å². The van der Waals surface area contributed by atoms with Gasteiger partial charge in [0.25, 0.3) is 5.91 Å². The molecular formula is C8H7ClFNO2. The molecule has 0 aliphatic heterocycles.